The Morgan fingerprint density at radius 3 is 2.09 bits per heavy atom. The number of esters is 2. The molecule has 0 radical (unpaired) electrons. The molecule has 12 heteroatoms. The van der Waals surface area contributed by atoms with Crippen LogP contribution >= 0.6 is 0 Å². The summed E-state index contributed by atoms with van der Waals surface area (Å²) in [5.74, 6) is -3.19. The van der Waals surface area contributed by atoms with Crippen LogP contribution in [0.2, 0.25) is 0 Å². The van der Waals surface area contributed by atoms with Crippen LogP contribution in [0.4, 0.5) is 0 Å². The summed E-state index contributed by atoms with van der Waals surface area (Å²) >= 11 is 0. The van der Waals surface area contributed by atoms with E-state index in [2.05, 4.69) is 9.47 Å². The standard InChI is InChI=1S/C11H16O7.C11H14O5/c1-17-9(14)6-3-18-10(15)8-5(6)2-7(13)11(8,16)4-12;1-15-10(13)8-5-16-11(14)9-6(4-12)2-3-7(8)9/h3,5,7-8,10,12-13,15-16H,2,4H2,1H3;2,5,7,9,11-12,14H,3-4H2,1H3/t5-,7+,8-,10-,11+;7-,9-,11-/m11/s1. The number of methoxy groups -OCH3 is 2. The second-order valence-electron chi connectivity index (χ2n) is 8.52. The fourth-order valence-electron chi connectivity index (χ4n) is 5.10. The minimum Gasteiger partial charge on any atom is -0.472 e. The molecule has 0 aromatic heterocycles. The zero-order chi connectivity index (χ0) is 25.2. The van der Waals surface area contributed by atoms with Gasteiger partial charge in [0.25, 0.3) is 0 Å². The smallest absolute Gasteiger partial charge is 0.337 e. The monoisotopic (exact) mass is 486 g/mol. The van der Waals surface area contributed by atoms with Gasteiger partial charge in [-0.2, -0.15) is 0 Å². The summed E-state index contributed by atoms with van der Waals surface area (Å²) in [6, 6.07) is 0. The van der Waals surface area contributed by atoms with Gasteiger partial charge in [0.2, 0.25) is 12.6 Å². The normalized spacial score (nSPS) is 37.9. The fourth-order valence-corrected chi connectivity index (χ4v) is 5.10. The number of rotatable bonds is 4. The van der Waals surface area contributed by atoms with Crippen molar-refractivity contribution in [1.29, 1.82) is 0 Å². The number of aliphatic hydroxyl groups is 6. The molecule has 2 aliphatic heterocycles. The molecule has 4 aliphatic rings. The number of fused-ring (bicyclic) bond motifs is 2. The molecule has 0 aromatic rings. The summed E-state index contributed by atoms with van der Waals surface area (Å²) in [5.41, 5.74) is -0.627. The summed E-state index contributed by atoms with van der Waals surface area (Å²) in [5, 5.41) is 57.8. The Hall–Kier alpha value is -2.48. The highest BCUT2D eigenvalue weighted by atomic mass is 16.6. The van der Waals surface area contributed by atoms with Crippen LogP contribution < -0.4 is 0 Å². The van der Waals surface area contributed by atoms with E-state index in [-0.39, 0.29) is 30.4 Å². The lowest BCUT2D eigenvalue weighted by Gasteiger charge is -2.37. The first kappa shape index (κ1) is 26.1. The minimum absolute atomic E-state index is 0.0447. The third-order valence-corrected chi connectivity index (χ3v) is 6.92. The number of allylic oxidation sites excluding steroid dienone is 1. The number of aliphatic hydroxyl groups excluding tert-OH is 5. The number of carbonyl (C=O) groups excluding carboxylic acids is 2. The molecular weight excluding hydrogens is 456 g/mol. The second-order valence-corrected chi connectivity index (χ2v) is 8.52. The molecule has 1 saturated carbocycles. The van der Waals surface area contributed by atoms with E-state index in [4.69, 9.17) is 14.6 Å². The molecule has 4 rings (SSSR count). The maximum absolute atomic E-state index is 11.5. The SMILES string of the molecule is COC(=O)C1=CO[C@@H](O)[C@@H]2C(CO)=CC[C@H]12.COC(=O)C1=CO[C@@H](O)[C@H]2[C@@H]1C[C@H](O)[C@@]2(O)CO. The molecule has 1 fully saturated rings. The predicted octanol–water partition coefficient (Wildman–Crippen LogP) is -1.94. The van der Waals surface area contributed by atoms with E-state index in [1.165, 1.54) is 20.5 Å². The van der Waals surface area contributed by atoms with E-state index in [1.54, 1.807) is 0 Å². The highest BCUT2D eigenvalue weighted by Gasteiger charge is 2.60. The number of ether oxygens (including phenoxy) is 4. The molecule has 0 spiro atoms. The van der Waals surface area contributed by atoms with Crippen molar-refractivity contribution < 1.29 is 59.2 Å². The summed E-state index contributed by atoms with van der Waals surface area (Å²) in [7, 11) is 2.51. The van der Waals surface area contributed by atoms with Crippen LogP contribution in [0.1, 0.15) is 12.8 Å². The van der Waals surface area contributed by atoms with Crippen molar-refractivity contribution in [3.05, 3.63) is 35.3 Å². The molecule has 2 heterocycles. The zero-order valence-corrected chi connectivity index (χ0v) is 18.7. The quantitative estimate of drug-likeness (QED) is 0.190. The van der Waals surface area contributed by atoms with E-state index in [9.17, 15) is 35.1 Å². The van der Waals surface area contributed by atoms with Gasteiger partial charge in [-0.05, 0) is 18.4 Å². The van der Waals surface area contributed by atoms with Gasteiger partial charge in [-0.1, -0.05) is 6.08 Å². The summed E-state index contributed by atoms with van der Waals surface area (Å²) in [4.78, 5) is 23.0. The van der Waals surface area contributed by atoms with Crippen molar-refractivity contribution in [2.24, 2.45) is 23.7 Å². The van der Waals surface area contributed by atoms with Gasteiger partial charge in [-0.15, -0.1) is 0 Å². The Labute approximate surface area is 195 Å². The van der Waals surface area contributed by atoms with Crippen molar-refractivity contribution in [3.8, 4) is 0 Å². The Bertz CT molecular complexity index is 879. The molecule has 2 aliphatic carbocycles. The third kappa shape index (κ3) is 4.44. The first-order chi connectivity index (χ1) is 16.1. The molecule has 0 saturated heterocycles. The van der Waals surface area contributed by atoms with E-state index < -0.39 is 54.7 Å². The lowest BCUT2D eigenvalue weighted by molar-refractivity contribution is -0.196. The van der Waals surface area contributed by atoms with Crippen molar-refractivity contribution in [1.82, 2.24) is 0 Å². The lowest BCUT2D eigenvalue weighted by atomic mass is 9.80. The van der Waals surface area contributed by atoms with Gasteiger partial charge in [0, 0.05) is 11.8 Å². The Morgan fingerprint density at radius 2 is 1.56 bits per heavy atom. The number of hydrogen-bond acceptors (Lipinski definition) is 12. The van der Waals surface area contributed by atoms with E-state index in [0.717, 1.165) is 6.26 Å². The fraction of sp³-hybridized carbons (Fsp3) is 0.636. The van der Waals surface area contributed by atoms with Crippen molar-refractivity contribution >= 4 is 11.9 Å². The first-order valence-corrected chi connectivity index (χ1v) is 10.7. The van der Waals surface area contributed by atoms with E-state index in [1.807, 2.05) is 6.08 Å². The molecule has 0 unspecified atom stereocenters. The summed E-state index contributed by atoms with van der Waals surface area (Å²) < 4.78 is 19.1. The second kappa shape index (κ2) is 10.4. The van der Waals surface area contributed by atoms with Crippen molar-refractivity contribution in [2.75, 3.05) is 27.4 Å². The van der Waals surface area contributed by atoms with Gasteiger partial charge in [0.1, 0.15) is 5.60 Å². The molecular formula is C22H30O12. The zero-order valence-electron chi connectivity index (χ0n) is 18.7. The molecule has 190 valence electrons. The largest absolute Gasteiger partial charge is 0.472 e. The predicted molar refractivity (Wildman–Crippen MR) is 111 cm³/mol. The Morgan fingerprint density at radius 1 is 1.00 bits per heavy atom. The lowest BCUT2D eigenvalue weighted by Crippen LogP contribution is -2.53. The van der Waals surface area contributed by atoms with Crippen LogP contribution in [0.15, 0.2) is 35.3 Å². The van der Waals surface area contributed by atoms with Gasteiger partial charge in [-0.3, -0.25) is 0 Å². The molecule has 34 heavy (non-hydrogen) atoms. The van der Waals surface area contributed by atoms with Crippen LogP contribution in [-0.2, 0) is 28.5 Å². The molecule has 0 aromatic carbocycles. The van der Waals surface area contributed by atoms with E-state index in [0.29, 0.717) is 17.6 Å². The van der Waals surface area contributed by atoms with Crippen molar-refractivity contribution in [3.63, 3.8) is 0 Å². The molecule has 12 nitrogen and oxygen atoms in total. The Kier molecular flexibility index (Phi) is 8.01. The minimum atomic E-state index is -1.89. The van der Waals surface area contributed by atoms with Crippen LogP contribution in [0.3, 0.4) is 0 Å². The molecule has 6 N–H and O–H groups in total. The average molecular weight is 486 g/mol. The highest BCUT2D eigenvalue weighted by Crippen LogP contribution is 2.48. The van der Waals surface area contributed by atoms with Crippen LogP contribution in [0.25, 0.3) is 0 Å². The molecule has 8 atom stereocenters. The van der Waals surface area contributed by atoms with Gasteiger partial charge < -0.3 is 49.6 Å². The number of carbonyl (C=O) groups is 2. The maximum atomic E-state index is 11.5. The van der Waals surface area contributed by atoms with Crippen LogP contribution in [0.5, 0.6) is 0 Å². The third-order valence-electron chi connectivity index (χ3n) is 6.92. The van der Waals surface area contributed by atoms with Crippen molar-refractivity contribution in [2.45, 2.75) is 37.1 Å². The number of hydrogen-bond donors (Lipinski definition) is 6. The molecule has 0 bridgehead atoms. The highest BCUT2D eigenvalue weighted by molar-refractivity contribution is 5.89. The maximum Gasteiger partial charge on any atom is 0.337 e. The summed E-state index contributed by atoms with van der Waals surface area (Å²) in [6.45, 7) is -0.861. The first-order valence-electron chi connectivity index (χ1n) is 10.7. The summed E-state index contributed by atoms with van der Waals surface area (Å²) in [6.07, 6.45) is 1.19. The topological polar surface area (TPSA) is 192 Å². The molecule has 0 amide bonds. The van der Waals surface area contributed by atoms with E-state index >= 15 is 0 Å². The van der Waals surface area contributed by atoms with Gasteiger partial charge in [-0.25, -0.2) is 9.59 Å². The average Bonchev–Trinajstić information content (AvgIpc) is 3.39. The van der Waals surface area contributed by atoms with Gasteiger partial charge in [0.05, 0.1) is 69.0 Å². The van der Waals surface area contributed by atoms with Crippen LogP contribution in [-0.4, -0.2) is 94.3 Å². The Balaban J connectivity index is 0.000000192. The van der Waals surface area contributed by atoms with Gasteiger partial charge >= 0.3 is 11.9 Å². The van der Waals surface area contributed by atoms with Gasteiger partial charge in [0.15, 0.2) is 0 Å². The van der Waals surface area contributed by atoms with Crippen LogP contribution in [0, 0.1) is 23.7 Å².